The van der Waals surface area contributed by atoms with Crippen LogP contribution in [0, 0.1) is 23.6 Å². The van der Waals surface area contributed by atoms with Crippen molar-refractivity contribution in [2.75, 3.05) is 13.6 Å². The molecule has 0 radical (unpaired) electrons. The highest BCUT2D eigenvalue weighted by Crippen LogP contribution is 2.48. The molecule has 2 saturated carbocycles. The number of hydrogen-bond donors (Lipinski definition) is 1. The molecule has 3 rings (SSSR count). The van der Waals surface area contributed by atoms with Crippen LogP contribution in [-0.2, 0) is 6.54 Å². The van der Waals surface area contributed by atoms with Gasteiger partial charge in [0.1, 0.15) is 10.8 Å². The summed E-state index contributed by atoms with van der Waals surface area (Å²) in [5.74, 6) is 2.50. The van der Waals surface area contributed by atoms with Crippen LogP contribution in [0.3, 0.4) is 0 Å². The van der Waals surface area contributed by atoms with Crippen LogP contribution in [-0.4, -0.2) is 23.5 Å². The molecule has 1 aromatic rings. The Kier molecular flexibility index (Phi) is 4.27. The third kappa shape index (κ3) is 3.27. The molecule has 3 unspecified atom stereocenters. The second kappa shape index (κ2) is 6.01. The van der Waals surface area contributed by atoms with Gasteiger partial charge in [0, 0.05) is 24.2 Å². The Hall–Kier alpha value is -1.00. The van der Waals surface area contributed by atoms with Crippen LogP contribution < -0.4 is 5.73 Å². The van der Waals surface area contributed by atoms with Gasteiger partial charge in [-0.15, -0.1) is 0 Å². The fourth-order valence-electron chi connectivity index (χ4n) is 4.20. The topological polar surface area (TPSA) is 29.3 Å². The zero-order valence-electron chi connectivity index (χ0n) is 12.5. The molecule has 0 spiro atoms. The molecule has 1 aromatic carbocycles. The summed E-state index contributed by atoms with van der Waals surface area (Å²) in [5, 5.41) is 0. The van der Waals surface area contributed by atoms with E-state index in [1.807, 2.05) is 0 Å². The Morgan fingerprint density at radius 1 is 1.38 bits per heavy atom. The van der Waals surface area contributed by atoms with Crippen LogP contribution in [0.25, 0.3) is 0 Å². The quantitative estimate of drug-likeness (QED) is 0.846. The van der Waals surface area contributed by atoms with Gasteiger partial charge < -0.3 is 10.6 Å². The molecule has 2 nitrogen and oxygen atoms in total. The Bertz CT molecular complexity index is 546. The lowest BCUT2D eigenvalue weighted by Gasteiger charge is -2.27. The maximum absolute atomic E-state index is 13.9. The first-order valence-electron chi connectivity index (χ1n) is 7.79. The summed E-state index contributed by atoms with van der Waals surface area (Å²) in [4.78, 5) is 2.57. The van der Waals surface area contributed by atoms with E-state index < -0.39 is 0 Å². The molecule has 0 heterocycles. The first kappa shape index (κ1) is 14.9. The van der Waals surface area contributed by atoms with Crippen LogP contribution in [0.2, 0.25) is 0 Å². The Balaban J connectivity index is 1.63. The fourth-order valence-corrected chi connectivity index (χ4v) is 4.33. The van der Waals surface area contributed by atoms with Crippen LogP contribution >= 0.6 is 12.2 Å². The second-order valence-corrected chi connectivity index (χ2v) is 7.24. The molecule has 21 heavy (non-hydrogen) atoms. The molecule has 2 bridgehead atoms. The molecular formula is C17H23FN2S. The molecule has 2 N–H and O–H groups in total. The van der Waals surface area contributed by atoms with Gasteiger partial charge in [0.25, 0.3) is 0 Å². The van der Waals surface area contributed by atoms with E-state index in [1.165, 1.54) is 31.7 Å². The number of halogens is 1. The van der Waals surface area contributed by atoms with Gasteiger partial charge in [0.2, 0.25) is 0 Å². The highest BCUT2D eigenvalue weighted by atomic mass is 32.1. The number of hydrogen-bond acceptors (Lipinski definition) is 2. The number of benzene rings is 1. The molecule has 2 aliphatic carbocycles. The van der Waals surface area contributed by atoms with E-state index >= 15 is 0 Å². The van der Waals surface area contributed by atoms with E-state index in [0.29, 0.717) is 17.1 Å². The minimum Gasteiger partial charge on any atom is -0.389 e. The Morgan fingerprint density at radius 2 is 2.19 bits per heavy atom. The SMILES string of the molecule is CN(Cc1cc(C(N)=S)ccc1F)CC1CC2CCC1C2. The average molecular weight is 306 g/mol. The van der Waals surface area contributed by atoms with Crippen molar-refractivity contribution in [3.8, 4) is 0 Å². The zero-order valence-corrected chi connectivity index (χ0v) is 13.3. The highest BCUT2D eigenvalue weighted by Gasteiger charge is 2.39. The van der Waals surface area contributed by atoms with Gasteiger partial charge in [-0.05, 0) is 62.3 Å². The summed E-state index contributed by atoms with van der Waals surface area (Å²) in [5.41, 5.74) is 7.06. The third-order valence-electron chi connectivity index (χ3n) is 5.20. The van der Waals surface area contributed by atoms with Gasteiger partial charge >= 0.3 is 0 Å². The molecule has 0 saturated heterocycles. The van der Waals surface area contributed by atoms with Crippen molar-refractivity contribution in [2.45, 2.75) is 32.2 Å². The van der Waals surface area contributed by atoms with Gasteiger partial charge in [-0.3, -0.25) is 0 Å². The van der Waals surface area contributed by atoms with Gasteiger partial charge in [0.05, 0.1) is 0 Å². The molecule has 0 aliphatic heterocycles. The Morgan fingerprint density at radius 3 is 2.81 bits per heavy atom. The second-order valence-electron chi connectivity index (χ2n) is 6.80. The lowest BCUT2D eigenvalue weighted by molar-refractivity contribution is 0.213. The maximum atomic E-state index is 13.9. The summed E-state index contributed by atoms with van der Waals surface area (Å²) >= 11 is 4.97. The molecule has 0 amide bonds. The minimum absolute atomic E-state index is 0.171. The van der Waals surface area contributed by atoms with Gasteiger partial charge in [-0.2, -0.15) is 0 Å². The van der Waals surface area contributed by atoms with E-state index in [9.17, 15) is 4.39 Å². The van der Waals surface area contributed by atoms with Gasteiger partial charge in [-0.1, -0.05) is 18.6 Å². The van der Waals surface area contributed by atoms with Crippen molar-refractivity contribution in [2.24, 2.45) is 23.5 Å². The van der Waals surface area contributed by atoms with Crippen molar-refractivity contribution in [1.82, 2.24) is 4.90 Å². The molecule has 2 aliphatic rings. The summed E-state index contributed by atoms with van der Waals surface area (Å²) in [6.45, 7) is 1.69. The van der Waals surface area contributed by atoms with E-state index in [4.69, 9.17) is 18.0 Å². The highest BCUT2D eigenvalue weighted by molar-refractivity contribution is 7.80. The van der Waals surface area contributed by atoms with Crippen molar-refractivity contribution >= 4 is 17.2 Å². The lowest BCUT2D eigenvalue weighted by atomic mass is 9.88. The lowest BCUT2D eigenvalue weighted by Crippen LogP contribution is -2.28. The predicted molar refractivity (Wildman–Crippen MR) is 87.6 cm³/mol. The number of fused-ring (bicyclic) bond motifs is 2. The molecule has 3 atom stereocenters. The summed E-state index contributed by atoms with van der Waals surface area (Å²) in [6.07, 6.45) is 5.61. The van der Waals surface area contributed by atoms with Crippen molar-refractivity contribution in [3.63, 3.8) is 0 Å². The van der Waals surface area contributed by atoms with Crippen LogP contribution in [0.15, 0.2) is 18.2 Å². The number of rotatable bonds is 5. The average Bonchev–Trinajstić information content (AvgIpc) is 3.03. The van der Waals surface area contributed by atoms with Crippen LogP contribution in [0.4, 0.5) is 4.39 Å². The molecule has 0 aromatic heterocycles. The smallest absolute Gasteiger partial charge is 0.127 e. The van der Waals surface area contributed by atoms with E-state index in [1.54, 1.807) is 12.1 Å². The molecule has 4 heteroatoms. The number of nitrogens with zero attached hydrogens (tertiary/aromatic N) is 1. The van der Waals surface area contributed by atoms with Crippen molar-refractivity contribution < 1.29 is 4.39 Å². The molecule has 114 valence electrons. The monoisotopic (exact) mass is 306 g/mol. The zero-order chi connectivity index (χ0) is 15.0. The van der Waals surface area contributed by atoms with E-state index in [2.05, 4.69) is 11.9 Å². The third-order valence-corrected chi connectivity index (χ3v) is 5.44. The first-order chi connectivity index (χ1) is 10.0. The summed E-state index contributed by atoms with van der Waals surface area (Å²) < 4.78 is 13.9. The maximum Gasteiger partial charge on any atom is 0.127 e. The van der Waals surface area contributed by atoms with Crippen molar-refractivity contribution in [1.29, 1.82) is 0 Å². The fraction of sp³-hybridized carbons (Fsp3) is 0.588. The van der Waals surface area contributed by atoms with E-state index in [-0.39, 0.29) is 5.82 Å². The van der Waals surface area contributed by atoms with Crippen LogP contribution in [0.1, 0.15) is 36.8 Å². The Labute approximate surface area is 131 Å². The summed E-state index contributed by atoms with van der Waals surface area (Å²) in [6, 6.07) is 4.90. The van der Waals surface area contributed by atoms with Gasteiger partial charge in [-0.25, -0.2) is 4.39 Å². The number of thiocarbonyl (C=S) groups is 1. The number of nitrogens with two attached hydrogens (primary N) is 1. The molecular weight excluding hydrogens is 283 g/mol. The standard InChI is InChI=1S/C17H23FN2S/c1-20(9-14-7-11-2-3-12(14)6-11)10-15-8-13(17(19)21)4-5-16(15)18/h4-5,8,11-12,14H,2-3,6-7,9-10H2,1H3,(H2,19,21). The van der Waals surface area contributed by atoms with Crippen molar-refractivity contribution in [3.05, 3.63) is 35.1 Å². The summed E-state index contributed by atoms with van der Waals surface area (Å²) in [7, 11) is 2.08. The van der Waals surface area contributed by atoms with Crippen LogP contribution in [0.5, 0.6) is 0 Å². The normalized spacial score (nSPS) is 27.5. The first-order valence-corrected chi connectivity index (χ1v) is 8.20. The van der Waals surface area contributed by atoms with Gasteiger partial charge in [0.15, 0.2) is 0 Å². The minimum atomic E-state index is -0.171. The molecule has 2 fully saturated rings. The van der Waals surface area contributed by atoms with E-state index in [0.717, 1.165) is 29.9 Å². The largest absolute Gasteiger partial charge is 0.389 e. The predicted octanol–water partition coefficient (Wildman–Crippen LogP) is 3.33.